The maximum Gasteiger partial charge on any atom is 0.269 e. The van der Waals surface area contributed by atoms with Gasteiger partial charge in [-0.1, -0.05) is 6.07 Å². The van der Waals surface area contributed by atoms with Gasteiger partial charge in [0.1, 0.15) is 11.4 Å². The summed E-state index contributed by atoms with van der Waals surface area (Å²) in [5.41, 5.74) is 17.1. The maximum atomic E-state index is 11.3. The number of para-hydroxylation sites is 1. The van der Waals surface area contributed by atoms with Crippen molar-refractivity contribution in [1.29, 1.82) is 0 Å². The van der Waals surface area contributed by atoms with Crippen molar-refractivity contribution in [1.82, 2.24) is 9.78 Å². The minimum absolute atomic E-state index is 0.0775. The minimum Gasteiger partial charge on any atom is -0.397 e. The lowest BCUT2D eigenvalue weighted by molar-refractivity contribution is 0.0990. The second kappa shape index (κ2) is 4.21. The van der Waals surface area contributed by atoms with Gasteiger partial charge in [-0.05, 0) is 18.2 Å². The Bertz CT molecular complexity index is 632. The molecule has 2 amide bonds. The molecule has 92 valence electrons. The van der Waals surface area contributed by atoms with E-state index in [0.29, 0.717) is 11.4 Å². The van der Waals surface area contributed by atoms with Gasteiger partial charge in [-0.2, -0.15) is 5.10 Å². The number of carbonyl (C=O) groups is 2. The molecule has 0 unspecified atom stereocenters. The van der Waals surface area contributed by atoms with E-state index in [0.717, 1.165) is 0 Å². The van der Waals surface area contributed by atoms with Crippen molar-refractivity contribution >= 4 is 17.5 Å². The Labute approximate surface area is 102 Å². The zero-order valence-electron chi connectivity index (χ0n) is 9.33. The van der Waals surface area contributed by atoms with Crippen molar-refractivity contribution in [3.05, 3.63) is 41.7 Å². The number of nitrogen functional groups attached to an aromatic ring is 1. The quantitative estimate of drug-likeness (QED) is 0.638. The first-order valence-electron chi connectivity index (χ1n) is 5.05. The van der Waals surface area contributed by atoms with Gasteiger partial charge in [0.2, 0.25) is 0 Å². The first-order valence-corrected chi connectivity index (χ1v) is 5.05. The molecule has 0 radical (unpaired) electrons. The van der Waals surface area contributed by atoms with E-state index in [1.807, 2.05) is 0 Å². The molecule has 7 nitrogen and oxygen atoms in total. The van der Waals surface area contributed by atoms with Crippen molar-refractivity contribution in [3.8, 4) is 5.69 Å². The van der Waals surface area contributed by atoms with Crippen LogP contribution in [0.5, 0.6) is 0 Å². The van der Waals surface area contributed by atoms with Gasteiger partial charge in [0, 0.05) is 6.20 Å². The van der Waals surface area contributed by atoms with Gasteiger partial charge in [-0.15, -0.1) is 0 Å². The molecule has 1 aromatic heterocycles. The number of aromatic nitrogens is 2. The molecule has 0 bridgehead atoms. The van der Waals surface area contributed by atoms with Crippen molar-refractivity contribution in [2.75, 3.05) is 5.73 Å². The summed E-state index contributed by atoms with van der Waals surface area (Å²) in [6, 6.07) is 6.17. The van der Waals surface area contributed by atoms with Gasteiger partial charge in [-0.25, -0.2) is 4.68 Å². The predicted molar refractivity (Wildman–Crippen MR) is 65.0 cm³/mol. The summed E-state index contributed by atoms with van der Waals surface area (Å²) in [5, 5.41) is 3.94. The number of nitrogens with two attached hydrogens (primary N) is 3. The van der Waals surface area contributed by atoms with E-state index >= 15 is 0 Å². The highest BCUT2D eigenvalue weighted by molar-refractivity contribution is 5.98. The molecule has 0 saturated carbocycles. The van der Waals surface area contributed by atoms with E-state index in [1.54, 1.807) is 12.1 Å². The third kappa shape index (κ3) is 1.88. The molecular weight excluding hydrogens is 234 g/mol. The Kier molecular flexibility index (Phi) is 2.72. The topological polar surface area (TPSA) is 130 Å². The van der Waals surface area contributed by atoms with Crippen molar-refractivity contribution in [3.63, 3.8) is 0 Å². The molecule has 0 fully saturated rings. The van der Waals surface area contributed by atoms with Crippen LogP contribution in [-0.2, 0) is 0 Å². The van der Waals surface area contributed by atoms with Crippen LogP contribution < -0.4 is 17.2 Å². The van der Waals surface area contributed by atoms with Crippen LogP contribution >= 0.6 is 0 Å². The Balaban J connectivity index is 2.62. The van der Waals surface area contributed by atoms with Crippen LogP contribution in [0.4, 0.5) is 5.69 Å². The molecule has 1 heterocycles. The van der Waals surface area contributed by atoms with Gasteiger partial charge in [0.15, 0.2) is 0 Å². The van der Waals surface area contributed by atoms with E-state index in [-0.39, 0.29) is 11.3 Å². The van der Waals surface area contributed by atoms with E-state index in [4.69, 9.17) is 17.2 Å². The fraction of sp³-hybridized carbons (Fsp3) is 0. The molecule has 0 aliphatic heterocycles. The van der Waals surface area contributed by atoms with Crippen LogP contribution in [0.2, 0.25) is 0 Å². The van der Waals surface area contributed by atoms with Crippen LogP contribution in [0.3, 0.4) is 0 Å². The molecule has 0 atom stereocenters. The molecule has 18 heavy (non-hydrogen) atoms. The number of carbonyl (C=O) groups excluding carboxylic acids is 2. The molecule has 2 rings (SSSR count). The van der Waals surface area contributed by atoms with Gasteiger partial charge in [0.25, 0.3) is 11.8 Å². The van der Waals surface area contributed by atoms with E-state index in [2.05, 4.69) is 5.10 Å². The molecule has 7 heteroatoms. The monoisotopic (exact) mass is 245 g/mol. The number of benzene rings is 1. The highest BCUT2D eigenvalue weighted by atomic mass is 16.1. The summed E-state index contributed by atoms with van der Waals surface area (Å²) in [7, 11) is 0. The van der Waals surface area contributed by atoms with Crippen LogP contribution in [0.25, 0.3) is 5.69 Å². The molecule has 0 spiro atoms. The Morgan fingerprint density at radius 2 is 1.83 bits per heavy atom. The van der Waals surface area contributed by atoms with Crippen molar-refractivity contribution < 1.29 is 9.59 Å². The normalized spacial score (nSPS) is 10.2. The largest absolute Gasteiger partial charge is 0.397 e. The average molecular weight is 245 g/mol. The molecule has 2 aromatic rings. The molecular formula is C11H11N5O2. The maximum absolute atomic E-state index is 11.3. The third-order valence-corrected chi connectivity index (χ3v) is 2.40. The van der Waals surface area contributed by atoms with Crippen LogP contribution in [0.1, 0.15) is 20.8 Å². The second-order valence-electron chi connectivity index (χ2n) is 3.62. The number of nitrogens with zero attached hydrogens (tertiary/aromatic N) is 2. The minimum atomic E-state index is -0.663. The number of rotatable bonds is 3. The van der Waals surface area contributed by atoms with Gasteiger partial charge in [-0.3, -0.25) is 9.59 Å². The van der Waals surface area contributed by atoms with Gasteiger partial charge < -0.3 is 17.2 Å². The second-order valence-corrected chi connectivity index (χ2v) is 3.62. The van der Waals surface area contributed by atoms with Crippen LogP contribution in [0.15, 0.2) is 30.5 Å². The number of hydrogen-bond donors (Lipinski definition) is 3. The molecule has 1 aromatic carbocycles. The summed E-state index contributed by atoms with van der Waals surface area (Å²) in [4.78, 5) is 22.3. The Morgan fingerprint density at radius 3 is 2.39 bits per heavy atom. The van der Waals surface area contributed by atoms with E-state index in [9.17, 15) is 9.59 Å². The van der Waals surface area contributed by atoms with E-state index in [1.165, 1.54) is 23.0 Å². The zero-order chi connectivity index (χ0) is 13.3. The number of hydrogen-bond acceptors (Lipinski definition) is 4. The predicted octanol–water partition coefficient (Wildman–Crippen LogP) is -0.348. The zero-order valence-corrected chi connectivity index (χ0v) is 9.33. The molecule has 6 N–H and O–H groups in total. The number of amides is 2. The lowest BCUT2D eigenvalue weighted by Crippen LogP contribution is -2.17. The van der Waals surface area contributed by atoms with E-state index < -0.39 is 11.8 Å². The van der Waals surface area contributed by atoms with Crippen molar-refractivity contribution in [2.24, 2.45) is 11.5 Å². The number of anilines is 1. The van der Waals surface area contributed by atoms with Gasteiger partial charge >= 0.3 is 0 Å². The molecule has 0 aliphatic carbocycles. The summed E-state index contributed by atoms with van der Waals surface area (Å²) >= 11 is 0. The highest BCUT2D eigenvalue weighted by Gasteiger charge is 2.15. The SMILES string of the molecule is NC(=O)c1ccn(-c2c(N)cccc2C(N)=O)n1. The van der Waals surface area contributed by atoms with Gasteiger partial charge in [0.05, 0.1) is 11.3 Å². The molecule has 0 saturated heterocycles. The fourth-order valence-corrected chi connectivity index (χ4v) is 1.60. The van der Waals surface area contributed by atoms with Crippen LogP contribution in [0, 0.1) is 0 Å². The third-order valence-electron chi connectivity index (χ3n) is 2.40. The highest BCUT2D eigenvalue weighted by Crippen LogP contribution is 2.21. The summed E-state index contributed by atoms with van der Waals surface area (Å²) < 4.78 is 1.30. The summed E-state index contributed by atoms with van der Waals surface area (Å²) in [5.74, 6) is -1.29. The standard InChI is InChI=1S/C11H11N5O2/c12-7-3-1-2-6(10(13)17)9(7)16-5-4-8(15-16)11(14)18/h1-5H,12H2,(H2,13,17)(H2,14,18). The molecule has 0 aliphatic rings. The Hall–Kier alpha value is -2.83. The first kappa shape index (κ1) is 11.6. The fourth-order valence-electron chi connectivity index (χ4n) is 1.60. The summed E-state index contributed by atoms with van der Waals surface area (Å²) in [6.07, 6.45) is 1.48. The summed E-state index contributed by atoms with van der Waals surface area (Å²) in [6.45, 7) is 0. The van der Waals surface area contributed by atoms with Crippen molar-refractivity contribution in [2.45, 2.75) is 0 Å². The smallest absolute Gasteiger partial charge is 0.269 e. The lowest BCUT2D eigenvalue weighted by Gasteiger charge is -2.09. The average Bonchev–Trinajstić information content (AvgIpc) is 2.77. The first-order chi connectivity index (χ1) is 8.50. The number of primary amides is 2. The lowest BCUT2D eigenvalue weighted by atomic mass is 10.1. The Morgan fingerprint density at radius 1 is 1.11 bits per heavy atom. The van der Waals surface area contributed by atoms with Crippen LogP contribution in [-0.4, -0.2) is 21.6 Å².